The molecule has 0 saturated heterocycles. The Kier molecular flexibility index (Phi) is 4.02. The molecule has 3 nitrogen and oxygen atoms in total. The molecule has 0 unspecified atom stereocenters. The molecular formula is C18H16N2OS. The molecule has 1 aromatic heterocycles. The van der Waals surface area contributed by atoms with Crippen LogP contribution in [0.5, 0.6) is 0 Å². The molecule has 0 radical (unpaired) electrons. The number of aryl methyl sites for hydroxylation is 2. The number of hydrogen-bond acceptors (Lipinski definition) is 3. The second-order valence-corrected chi connectivity index (χ2v) is 6.36. The normalized spacial score (nSPS) is 10.5. The van der Waals surface area contributed by atoms with Crippen molar-refractivity contribution in [2.24, 2.45) is 0 Å². The van der Waals surface area contributed by atoms with Crippen LogP contribution in [-0.4, -0.2) is 10.9 Å². The highest BCUT2D eigenvalue weighted by Crippen LogP contribution is 2.23. The fourth-order valence-corrected chi connectivity index (χ4v) is 2.97. The molecule has 2 aromatic carbocycles. The van der Waals surface area contributed by atoms with Crippen molar-refractivity contribution in [2.45, 2.75) is 13.8 Å². The number of carbonyl (C=O) groups excluding carboxylic acids is 1. The van der Waals surface area contributed by atoms with Gasteiger partial charge in [-0.3, -0.25) is 10.1 Å². The van der Waals surface area contributed by atoms with Gasteiger partial charge in [-0.15, -0.1) is 11.3 Å². The highest BCUT2D eigenvalue weighted by Gasteiger charge is 2.12. The lowest BCUT2D eigenvalue weighted by Crippen LogP contribution is -2.13. The second-order valence-electron chi connectivity index (χ2n) is 5.13. The zero-order valence-corrected chi connectivity index (χ0v) is 13.3. The minimum Gasteiger partial charge on any atom is -0.298 e. The van der Waals surface area contributed by atoms with Gasteiger partial charge in [0, 0.05) is 16.6 Å². The van der Waals surface area contributed by atoms with Crippen molar-refractivity contribution in [2.75, 3.05) is 5.32 Å². The van der Waals surface area contributed by atoms with E-state index < -0.39 is 0 Å². The van der Waals surface area contributed by atoms with Gasteiger partial charge in [0.1, 0.15) is 0 Å². The van der Waals surface area contributed by atoms with Crippen LogP contribution in [0.2, 0.25) is 0 Å². The fraction of sp³-hybridized carbons (Fsp3) is 0.111. The van der Waals surface area contributed by atoms with E-state index in [-0.39, 0.29) is 5.91 Å². The Morgan fingerprint density at radius 1 is 1.05 bits per heavy atom. The number of rotatable bonds is 3. The topological polar surface area (TPSA) is 42.0 Å². The molecule has 110 valence electrons. The summed E-state index contributed by atoms with van der Waals surface area (Å²) in [6, 6.07) is 16.0. The second kappa shape index (κ2) is 6.12. The van der Waals surface area contributed by atoms with E-state index in [1.807, 2.05) is 50.2 Å². The predicted octanol–water partition coefficient (Wildman–Crippen LogP) is 4.68. The number of anilines is 1. The number of carbonyl (C=O) groups is 1. The van der Waals surface area contributed by atoms with Gasteiger partial charge in [0.15, 0.2) is 5.13 Å². The molecule has 1 heterocycles. The lowest BCUT2D eigenvalue weighted by atomic mass is 9.99. The summed E-state index contributed by atoms with van der Waals surface area (Å²) in [6.45, 7) is 3.92. The molecular weight excluding hydrogens is 292 g/mol. The monoisotopic (exact) mass is 308 g/mol. The van der Waals surface area contributed by atoms with E-state index >= 15 is 0 Å². The molecule has 1 N–H and O–H groups in total. The van der Waals surface area contributed by atoms with Gasteiger partial charge in [-0.25, -0.2) is 4.98 Å². The zero-order valence-electron chi connectivity index (χ0n) is 12.5. The summed E-state index contributed by atoms with van der Waals surface area (Å²) in [4.78, 5) is 17.6. The van der Waals surface area contributed by atoms with Gasteiger partial charge in [0.2, 0.25) is 0 Å². The predicted molar refractivity (Wildman–Crippen MR) is 91.4 cm³/mol. The summed E-state index contributed by atoms with van der Waals surface area (Å²) in [5, 5.41) is 3.48. The SMILES string of the molecule is Cc1cnc(NC(=O)c2ccc(-c3ccccc3)cc2C)s1. The van der Waals surface area contributed by atoms with Gasteiger partial charge in [-0.05, 0) is 36.6 Å². The maximum absolute atomic E-state index is 12.3. The van der Waals surface area contributed by atoms with Crippen LogP contribution >= 0.6 is 11.3 Å². The van der Waals surface area contributed by atoms with Gasteiger partial charge < -0.3 is 0 Å². The molecule has 0 saturated carbocycles. The summed E-state index contributed by atoms with van der Waals surface area (Å²) >= 11 is 1.47. The van der Waals surface area contributed by atoms with Gasteiger partial charge in [-0.1, -0.05) is 42.5 Å². The minimum absolute atomic E-state index is 0.119. The van der Waals surface area contributed by atoms with Crippen LogP contribution in [-0.2, 0) is 0 Å². The van der Waals surface area contributed by atoms with E-state index in [0.29, 0.717) is 10.7 Å². The van der Waals surface area contributed by atoms with E-state index in [2.05, 4.69) is 22.4 Å². The van der Waals surface area contributed by atoms with Crippen LogP contribution in [0.1, 0.15) is 20.8 Å². The van der Waals surface area contributed by atoms with Crippen molar-refractivity contribution in [3.63, 3.8) is 0 Å². The molecule has 3 rings (SSSR count). The Labute approximate surface area is 133 Å². The van der Waals surface area contributed by atoms with Crippen molar-refractivity contribution in [3.05, 3.63) is 70.7 Å². The number of aromatic nitrogens is 1. The van der Waals surface area contributed by atoms with Gasteiger partial charge in [0.25, 0.3) is 5.91 Å². The standard InChI is InChI=1S/C18H16N2OS/c1-12-10-15(14-6-4-3-5-7-14)8-9-16(12)17(21)20-18-19-11-13(2)22-18/h3-11H,1-2H3,(H,19,20,21). The molecule has 0 aliphatic heterocycles. The van der Waals surface area contributed by atoms with Crippen molar-refractivity contribution in [1.29, 1.82) is 0 Å². The molecule has 0 aliphatic rings. The Hall–Kier alpha value is -2.46. The number of benzene rings is 2. The van der Waals surface area contributed by atoms with E-state index in [0.717, 1.165) is 21.6 Å². The Balaban J connectivity index is 1.84. The summed E-state index contributed by atoms with van der Waals surface area (Å²) in [7, 11) is 0. The number of amides is 1. The van der Waals surface area contributed by atoms with E-state index in [9.17, 15) is 4.79 Å². The first-order valence-electron chi connectivity index (χ1n) is 7.03. The average molecular weight is 308 g/mol. The smallest absolute Gasteiger partial charge is 0.257 e. The van der Waals surface area contributed by atoms with Crippen molar-refractivity contribution in [3.8, 4) is 11.1 Å². The first kappa shape index (κ1) is 14.5. The van der Waals surface area contributed by atoms with Crippen molar-refractivity contribution >= 4 is 22.4 Å². The van der Waals surface area contributed by atoms with Crippen LogP contribution < -0.4 is 5.32 Å². The quantitative estimate of drug-likeness (QED) is 0.763. The lowest BCUT2D eigenvalue weighted by Gasteiger charge is -2.08. The van der Waals surface area contributed by atoms with Crippen molar-refractivity contribution in [1.82, 2.24) is 4.98 Å². The van der Waals surface area contributed by atoms with Crippen LogP contribution in [0.15, 0.2) is 54.7 Å². The maximum Gasteiger partial charge on any atom is 0.257 e. The number of nitrogens with zero attached hydrogens (tertiary/aromatic N) is 1. The molecule has 0 bridgehead atoms. The maximum atomic E-state index is 12.3. The van der Waals surface area contributed by atoms with E-state index in [1.54, 1.807) is 6.20 Å². The molecule has 0 aliphatic carbocycles. The third-order valence-electron chi connectivity index (χ3n) is 3.42. The molecule has 22 heavy (non-hydrogen) atoms. The Morgan fingerprint density at radius 2 is 1.82 bits per heavy atom. The molecule has 4 heteroatoms. The number of nitrogens with one attached hydrogen (secondary N) is 1. The zero-order chi connectivity index (χ0) is 15.5. The average Bonchev–Trinajstić information content (AvgIpc) is 2.93. The largest absolute Gasteiger partial charge is 0.298 e. The summed E-state index contributed by atoms with van der Waals surface area (Å²) in [6.07, 6.45) is 1.76. The first-order valence-corrected chi connectivity index (χ1v) is 7.85. The third kappa shape index (κ3) is 3.07. The van der Waals surface area contributed by atoms with Gasteiger partial charge in [0.05, 0.1) is 0 Å². The summed E-state index contributed by atoms with van der Waals surface area (Å²) < 4.78 is 0. The highest BCUT2D eigenvalue weighted by atomic mass is 32.1. The van der Waals surface area contributed by atoms with Crippen LogP contribution in [0.25, 0.3) is 11.1 Å². The third-order valence-corrected chi connectivity index (χ3v) is 4.25. The number of thiazole rings is 1. The minimum atomic E-state index is -0.119. The molecule has 3 aromatic rings. The lowest BCUT2D eigenvalue weighted by molar-refractivity contribution is 0.102. The first-order chi connectivity index (χ1) is 10.6. The number of hydrogen-bond donors (Lipinski definition) is 1. The van der Waals surface area contributed by atoms with Gasteiger partial charge in [-0.2, -0.15) is 0 Å². The molecule has 0 atom stereocenters. The summed E-state index contributed by atoms with van der Waals surface area (Å²) in [5.74, 6) is -0.119. The molecule has 0 fully saturated rings. The van der Waals surface area contributed by atoms with E-state index in [1.165, 1.54) is 11.3 Å². The molecule has 0 spiro atoms. The van der Waals surface area contributed by atoms with Crippen LogP contribution in [0, 0.1) is 13.8 Å². The van der Waals surface area contributed by atoms with Crippen LogP contribution in [0.4, 0.5) is 5.13 Å². The van der Waals surface area contributed by atoms with E-state index in [4.69, 9.17) is 0 Å². The van der Waals surface area contributed by atoms with Gasteiger partial charge >= 0.3 is 0 Å². The van der Waals surface area contributed by atoms with Crippen LogP contribution in [0.3, 0.4) is 0 Å². The summed E-state index contributed by atoms with van der Waals surface area (Å²) in [5.41, 5.74) is 3.88. The molecule has 1 amide bonds. The van der Waals surface area contributed by atoms with Crippen molar-refractivity contribution < 1.29 is 4.79 Å². The Morgan fingerprint density at radius 3 is 2.45 bits per heavy atom. The Bertz CT molecular complexity index is 809. The fourth-order valence-electron chi connectivity index (χ4n) is 2.31. The highest BCUT2D eigenvalue weighted by molar-refractivity contribution is 7.15.